The molecule has 1 saturated carbocycles. The molecule has 1 fully saturated rings. The fourth-order valence-electron chi connectivity index (χ4n) is 2.83. The van der Waals surface area contributed by atoms with Gasteiger partial charge in [0.25, 0.3) is 0 Å². The molecular weight excluding hydrogens is 305 g/mol. The Kier molecular flexibility index (Phi) is 4.45. The Bertz CT molecular complexity index is 574. The number of hydrogen-bond acceptors (Lipinski definition) is 3. The standard InChI is InChI=1S/C13H17Cl2NO2S/c1-8-11(16-2)5-6-12(8)19(17,18)13-7-9(14)3-4-10(13)15/h3-4,7-8,11-12,16H,5-6H2,1-2H3. The quantitative estimate of drug-likeness (QED) is 0.930. The van der Waals surface area contributed by atoms with Crippen LogP contribution in [0.15, 0.2) is 23.1 Å². The van der Waals surface area contributed by atoms with Crippen LogP contribution < -0.4 is 5.32 Å². The molecule has 1 aliphatic rings. The summed E-state index contributed by atoms with van der Waals surface area (Å²) in [6, 6.07) is 4.81. The SMILES string of the molecule is CNC1CCC(S(=O)(=O)c2cc(Cl)ccc2Cl)C1C. The second kappa shape index (κ2) is 5.60. The average molecular weight is 322 g/mol. The van der Waals surface area contributed by atoms with Gasteiger partial charge in [-0.05, 0) is 44.0 Å². The Hall–Kier alpha value is -0.290. The molecule has 106 valence electrons. The predicted molar refractivity (Wildman–Crippen MR) is 78.7 cm³/mol. The van der Waals surface area contributed by atoms with Crippen LogP contribution in [0.3, 0.4) is 0 Å². The van der Waals surface area contributed by atoms with E-state index in [1.807, 2.05) is 14.0 Å². The minimum absolute atomic E-state index is 0.0602. The Morgan fingerprint density at radius 1 is 1.26 bits per heavy atom. The Morgan fingerprint density at radius 2 is 1.95 bits per heavy atom. The fraction of sp³-hybridized carbons (Fsp3) is 0.538. The van der Waals surface area contributed by atoms with Gasteiger partial charge in [-0.1, -0.05) is 30.1 Å². The molecule has 0 aliphatic heterocycles. The van der Waals surface area contributed by atoms with Crippen molar-refractivity contribution in [3.05, 3.63) is 28.2 Å². The lowest BCUT2D eigenvalue weighted by atomic mass is 10.1. The third-order valence-electron chi connectivity index (χ3n) is 3.95. The summed E-state index contributed by atoms with van der Waals surface area (Å²) >= 11 is 11.9. The molecule has 1 aromatic rings. The molecule has 0 bridgehead atoms. The van der Waals surface area contributed by atoms with E-state index < -0.39 is 15.1 Å². The van der Waals surface area contributed by atoms with Crippen molar-refractivity contribution in [2.75, 3.05) is 7.05 Å². The maximum absolute atomic E-state index is 12.7. The molecule has 3 atom stereocenters. The summed E-state index contributed by atoms with van der Waals surface area (Å²) in [5.74, 6) is 0.0602. The first kappa shape index (κ1) is 15.1. The number of rotatable bonds is 3. The van der Waals surface area contributed by atoms with Crippen LogP contribution in [0.2, 0.25) is 10.0 Å². The number of nitrogens with one attached hydrogen (secondary N) is 1. The van der Waals surface area contributed by atoms with Crippen molar-refractivity contribution in [3.8, 4) is 0 Å². The van der Waals surface area contributed by atoms with Crippen LogP contribution in [-0.2, 0) is 9.84 Å². The van der Waals surface area contributed by atoms with E-state index in [2.05, 4.69) is 5.32 Å². The third kappa shape index (κ3) is 2.77. The minimum Gasteiger partial charge on any atom is -0.317 e. The number of halogens is 2. The molecule has 0 saturated heterocycles. The van der Waals surface area contributed by atoms with E-state index in [0.29, 0.717) is 11.4 Å². The molecule has 0 spiro atoms. The van der Waals surface area contributed by atoms with Gasteiger partial charge in [0.05, 0.1) is 15.2 Å². The molecule has 1 aliphatic carbocycles. The van der Waals surface area contributed by atoms with Crippen molar-refractivity contribution >= 4 is 33.0 Å². The minimum atomic E-state index is -3.44. The van der Waals surface area contributed by atoms with Gasteiger partial charge < -0.3 is 5.32 Å². The molecule has 1 N–H and O–H groups in total. The summed E-state index contributed by atoms with van der Waals surface area (Å²) in [5.41, 5.74) is 0. The van der Waals surface area contributed by atoms with Gasteiger partial charge in [0.1, 0.15) is 0 Å². The van der Waals surface area contributed by atoms with Crippen LogP contribution in [0.4, 0.5) is 0 Å². The maximum Gasteiger partial charge on any atom is 0.183 e. The zero-order valence-corrected chi connectivity index (χ0v) is 13.2. The van der Waals surface area contributed by atoms with Gasteiger partial charge in [-0.15, -0.1) is 0 Å². The highest BCUT2D eigenvalue weighted by Crippen LogP contribution is 2.37. The highest BCUT2D eigenvalue weighted by molar-refractivity contribution is 7.92. The van der Waals surface area contributed by atoms with Crippen molar-refractivity contribution in [1.82, 2.24) is 5.32 Å². The lowest BCUT2D eigenvalue weighted by Crippen LogP contribution is -2.34. The van der Waals surface area contributed by atoms with E-state index in [1.54, 1.807) is 6.07 Å². The summed E-state index contributed by atoms with van der Waals surface area (Å²) in [5, 5.41) is 3.40. The molecule has 6 heteroatoms. The first-order chi connectivity index (χ1) is 8.87. The van der Waals surface area contributed by atoms with E-state index in [9.17, 15) is 8.42 Å². The zero-order valence-electron chi connectivity index (χ0n) is 10.9. The highest BCUT2D eigenvalue weighted by Gasteiger charge is 2.41. The van der Waals surface area contributed by atoms with E-state index >= 15 is 0 Å². The predicted octanol–water partition coefficient (Wildman–Crippen LogP) is 3.15. The average Bonchev–Trinajstić information content (AvgIpc) is 2.74. The Labute approximate surface area is 124 Å². The first-order valence-corrected chi connectivity index (χ1v) is 8.54. The molecule has 0 heterocycles. The van der Waals surface area contributed by atoms with Gasteiger partial charge in [-0.25, -0.2) is 8.42 Å². The first-order valence-electron chi connectivity index (χ1n) is 6.24. The second-order valence-corrected chi connectivity index (χ2v) is 7.97. The lowest BCUT2D eigenvalue weighted by molar-refractivity contribution is 0.453. The monoisotopic (exact) mass is 321 g/mol. The van der Waals surface area contributed by atoms with E-state index in [1.165, 1.54) is 12.1 Å². The van der Waals surface area contributed by atoms with Crippen molar-refractivity contribution in [1.29, 1.82) is 0 Å². The summed E-state index contributed by atoms with van der Waals surface area (Å²) in [6.07, 6.45) is 1.51. The van der Waals surface area contributed by atoms with Gasteiger partial charge in [0.15, 0.2) is 9.84 Å². The van der Waals surface area contributed by atoms with Gasteiger partial charge in [0.2, 0.25) is 0 Å². The topological polar surface area (TPSA) is 46.2 Å². The van der Waals surface area contributed by atoms with Crippen LogP contribution in [0.25, 0.3) is 0 Å². The van der Waals surface area contributed by atoms with Crippen LogP contribution in [0, 0.1) is 5.92 Å². The molecule has 0 radical (unpaired) electrons. The van der Waals surface area contributed by atoms with Crippen LogP contribution in [0.5, 0.6) is 0 Å². The summed E-state index contributed by atoms with van der Waals surface area (Å²) < 4.78 is 25.4. The van der Waals surface area contributed by atoms with Crippen LogP contribution in [0.1, 0.15) is 19.8 Å². The van der Waals surface area contributed by atoms with Gasteiger partial charge in [-0.2, -0.15) is 0 Å². The Balaban J connectivity index is 2.41. The molecule has 2 rings (SSSR count). The van der Waals surface area contributed by atoms with Gasteiger partial charge >= 0.3 is 0 Å². The van der Waals surface area contributed by atoms with Gasteiger partial charge in [-0.3, -0.25) is 0 Å². The molecule has 0 aromatic heterocycles. The van der Waals surface area contributed by atoms with E-state index in [4.69, 9.17) is 23.2 Å². The molecule has 3 nitrogen and oxygen atoms in total. The number of hydrogen-bond donors (Lipinski definition) is 1. The third-order valence-corrected chi connectivity index (χ3v) is 7.04. The zero-order chi connectivity index (χ0) is 14.2. The normalized spacial score (nSPS) is 27.7. The molecular formula is C13H17Cl2NO2S. The summed E-state index contributed by atoms with van der Waals surface area (Å²) in [6.45, 7) is 1.97. The van der Waals surface area contributed by atoms with Crippen molar-refractivity contribution in [2.24, 2.45) is 5.92 Å². The van der Waals surface area contributed by atoms with Crippen molar-refractivity contribution < 1.29 is 8.42 Å². The lowest BCUT2D eigenvalue weighted by Gasteiger charge is -2.21. The fourth-order valence-corrected chi connectivity index (χ4v) is 5.67. The van der Waals surface area contributed by atoms with Crippen molar-refractivity contribution in [3.63, 3.8) is 0 Å². The highest BCUT2D eigenvalue weighted by atomic mass is 35.5. The second-order valence-electron chi connectivity index (χ2n) is 4.99. The largest absolute Gasteiger partial charge is 0.317 e. The van der Waals surface area contributed by atoms with Crippen molar-refractivity contribution in [2.45, 2.75) is 36.0 Å². The number of benzene rings is 1. The van der Waals surface area contributed by atoms with Crippen LogP contribution >= 0.6 is 23.2 Å². The molecule has 3 unspecified atom stereocenters. The number of sulfone groups is 1. The maximum atomic E-state index is 12.7. The Morgan fingerprint density at radius 3 is 2.53 bits per heavy atom. The van der Waals surface area contributed by atoms with E-state index in [-0.39, 0.29) is 21.9 Å². The smallest absolute Gasteiger partial charge is 0.183 e. The van der Waals surface area contributed by atoms with E-state index in [0.717, 1.165) is 6.42 Å². The van der Waals surface area contributed by atoms with Crippen LogP contribution in [-0.4, -0.2) is 26.8 Å². The van der Waals surface area contributed by atoms with Gasteiger partial charge in [0, 0.05) is 11.1 Å². The summed E-state index contributed by atoms with van der Waals surface area (Å²) in [7, 11) is -1.58. The molecule has 0 amide bonds. The summed E-state index contributed by atoms with van der Waals surface area (Å²) in [4.78, 5) is 0.148. The molecule has 1 aromatic carbocycles. The molecule has 19 heavy (non-hydrogen) atoms.